The first-order valence-corrected chi connectivity index (χ1v) is 9.20. The standard InChI is InChI=1S/C20H36O3/c1-6-18(3,22)12-8-16-19(4)11-7-10-17(2,14-21)15(19)9-13-20(16,5)23/h6,15-16,21-23H,1,7-14H2,2-5H3/t15-,16-,17+,18-,19-,20-/m1/s1. The topological polar surface area (TPSA) is 60.7 Å². The summed E-state index contributed by atoms with van der Waals surface area (Å²) in [5.41, 5.74) is -1.60. The third kappa shape index (κ3) is 3.38. The Balaban J connectivity index is 2.30. The summed E-state index contributed by atoms with van der Waals surface area (Å²) in [6, 6.07) is 0. The Bertz CT molecular complexity index is 442. The Labute approximate surface area is 141 Å². The molecule has 3 N–H and O–H groups in total. The molecule has 2 aliphatic carbocycles. The molecule has 2 rings (SSSR count). The first-order valence-electron chi connectivity index (χ1n) is 9.20. The van der Waals surface area contributed by atoms with E-state index < -0.39 is 11.2 Å². The zero-order valence-electron chi connectivity index (χ0n) is 15.4. The van der Waals surface area contributed by atoms with Gasteiger partial charge in [0, 0.05) is 6.61 Å². The number of hydrogen-bond acceptors (Lipinski definition) is 3. The molecule has 6 atom stereocenters. The van der Waals surface area contributed by atoms with Crippen LogP contribution < -0.4 is 0 Å². The zero-order chi connectivity index (χ0) is 17.5. The van der Waals surface area contributed by atoms with E-state index in [1.807, 2.05) is 6.92 Å². The molecule has 0 saturated heterocycles. The van der Waals surface area contributed by atoms with Crippen LogP contribution >= 0.6 is 0 Å². The highest BCUT2D eigenvalue weighted by molar-refractivity contribution is 5.09. The maximum absolute atomic E-state index is 11.1. The van der Waals surface area contributed by atoms with Gasteiger partial charge in [0.25, 0.3) is 0 Å². The maximum atomic E-state index is 11.1. The van der Waals surface area contributed by atoms with E-state index in [9.17, 15) is 15.3 Å². The lowest BCUT2D eigenvalue weighted by Crippen LogP contribution is -2.59. The quantitative estimate of drug-likeness (QED) is 0.676. The molecule has 0 amide bonds. The lowest BCUT2D eigenvalue weighted by Gasteiger charge is -2.61. The first-order chi connectivity index (χ1) is 10.5. The van der Waals surface area contributed by atoms with E-state index in [0.29, 0.717) is 12.3 Å². The molecule has 0 aromatic carbocycles. The van der Waals surface area contributed by atoms with E-state index in [1.165, 1.54) is 0 Å². The SMILES string of the molecule is C=C[C@@](C)(O)CC[C@@H]1[C@]2(C)CCC[C@@](C)(CO)[C@H]2CC[C@@]1(C)O. The zero-order valence-corrected chi connectivity index (χ0v) is 15.4. The lowest BCUT2D eigenvalue weighted by atomic mass is 9.45. The van der Waals surface area contributed by atoms with E-state index in [0.717, 1.165) is 38.5 Å². The smallest absolute Gasteiger partial charge is 0.0797 e. The molecular weight excluding hydrogens is 288 g/mol. The van der Waals surface area contributed by atoms with Gasteiger partial charge >= 0.3 is 0 Å². The normalized spacial score (nSPS) is 46.7. The van der Waals surface area contributed by atoms with E-state index in [1.54, 1.807) is 13.0 Å². The van der Waals surface area contributed by atoms with Crippen LogP contribution in [0.3, 0.4) is 0 Å². The van der Waals surface area contributed by atoms with Gasteiger partial charge in [-0.3, -0.25) is 0 Å². The third-order valence-electron chi connectivity index (χ3n) is 7.33. The largest absolute Gasteiger partial charge is 0.396 e. The Kier molecular flexibility index (Phi) is 5.08. The summed E-state index contributed by atoms with van der Waals surface area (Å²) >= 11 is 0. The predicted molar refractivity (Wildman–Crippen MR) is 94.0 cm³/mol. The van der Waals surface area contributed by atoms with E-state index >= 15 is 0 Å². The molecule has 0 spiro atoms. The van der Waals surface area contributed by atoms with Crippen molar-refractivity contribution in [2.75, 3.05) is 6.61 Å². The predicted octanol–water partition coefficient (Wildman–Crippen LogP) is 3.67. The summed E-state index contributed by atoms with van der Waals surface area (Å²) in [5, 5.41) is 31.4. The number of aliphatic hydroxyl groups excluding tert-OH is 1. The van der Waals surface area contributed by atoms with E-state index in [2.05, 4.69) is 20.4 Å². The van der Waals surface area contributed by atoms with Gasteiger partial charge in [0.15, 0.2) is 0 Å². The van der Waals surface area contributed by atoms with Crippen LogP contribution in [0, 0.1) is 22.7 Å². The van der Waals surface area contributed by atoms with Crippen LogP contribution in [0.4, 0.5) is 0 Å². The molecule has 0 unspecified atom stereocenters. The van der Waals surface area contributed by atoms with Gasteiger partial charge in [0.05, 0.1) is 11.2 Å². The second kappa shape index (κ2) is 6.16. The van der Waals surface area contributed by atoms with Gasteiger partial charge in [0.2, 0.25) is 0 Å². The van der Waals surface area contributed by atoms with Gasteiger partial charge in [-0.1, -0.05) is 26.3 Å². The highest BCUT2D eigenvalue weighted by Crippen LogP contribution is 2.63. The van der Waals surface area contributed by atoms with Crippen LogP contribution in [0.2, 0.25) is 0 Å². The molecule has 2 saturated carbocycles. The minimum Gasteiger partial charge on any atom is -0.396 e. The second-order valence-corrected chi connectivity index (χ2v) is 9.27. The van der Waals surface area contributed by atoms with Crippen molar-refractivity contribution in [3.8, 4) is 0 Å². The molecule has 0 aromatic heterocycles. The molecule has 3 heteroatoms. The van der Waals surface area contributed by atoms with Crippen molar-refractivity contribution in [1.29, 1.82) is 0 Å². The first kappa shape index (κ1) is 19.0. The summed E-state index contributed by atoms with van der Waals surface area (Å²) < 4.78 is 0. The molecule has 2 aliphatic rings. The average Bonchev–Trinajstić information content (AvgIpc) is 2.45. The Morgan fingerprint density at radius 1 is 1.22 bits per heavy atom. The number of fused-ring (bicyclic) bond motifs is 1. The van der Waals surface area contributed by atoms with E-state index in [-0.39, 0.29) is 23.4 Å². The van der Waals surface area contributed by atoms with Gasteiger partial charge in [0.1, 0.15) is 0 Å². The van der Waals surface area contributed by atoms with Crippen molar-refractivity contribution in [3.05, 3.63) is 12.7 Å². The molecule has 134 valence electrons. The van der Waals surface area contributed by atoms with E-state index in [4.69, 9.17) is 0 Å². The fraction of sp³-hybridized carbons (Fsp3) is 0.900. The molecule has 0 heterocycles. The van der Waals surface area contributed by atoms with Gasteiger partial charge in [-0.25, -0.2) is 0 Å². The van der Waals surface area contributed by atoms with Crippen molar-refractivity contribution in [3.63, 3.8) is 0 Å². The molecule has 2 fully saturated rings. The summed E-state index contributed by atoms with van der Waals surface area (Å²) in [4.78, 5) is 0. The minimum atomic E-state index is -0.881. The molecular formula is C20H36O3. The summed E-state index contributed by atoms with van der Waals surface area (Å²) in [5.74, 6) is 0.582. The van der Waals surface area contributed by atoms with Crippen LogP contribution in [0.25, 0.3) is 0 Å². The van der Waals surface area contributed by atoms with Crippen LogP contribution in [-0.4, -0.2) is 33.1 Å². The van der Waals surface area contributed by atoms with Gasteiger partial charge in [-0.15, -0.1) is 6.58 Å². The molecule has 0 bridgehead atoms. The fourth-order valence-corrected chi connectivity index (χ4v) is 5.80. The van der Waals surface area contributed by atoms with Crippen molar-refractivity contribution >= 4 is 0 Å². The fourth-order valence-electron chi connectivity index (χ4n) is 5.80. The number of hydrogen-bond donors (Lipinski definition) is 3. The van der Waals surface area contributed by atoms with Gasteiger partial charge in [-0.05, 0) is 75.0 Å². The van der Waals surface area contributed by atoms with Crippen LogP contribution in [0.15, 0.2) is 12.7 Å². The minimum absolute atomic E-state index is 0.0225. The third-order valence-corrected chi connectivity index (χ3v) is 7.33. The van der Waals surface area contributed by atoms with Crippen LogP contribution in [0.1, 0.15) is 72.6 Å². The molecule has 0 aliphatic heterocycles. The Morgan fingerprint density at radius 3 is 2.43 bits per heavy atom. The second-order valence-electron chi connectivity index (χ2n) is 9.27. The molecule has 0 radical (unpaired) electrons. The Hall–Kier alpha value is -0.380. The lowest BCUT2D eigenvalue weighted by molar-refractivity contribution is -0.182. The maximum Gasteiger partial charge on any atom is 0.0797 e. The van der Waals surface area contributed by atoms with Gasteiger partial charge < -0.3 is 15.3 Å². The molecule has 23 heavy (non-hydrogen) atoms. The summed E-state index contributed by atoms with van der Waals surface area (Å²) in [6.45, 7) is 12.2. The summed E-state index contributed by atoms with van der Waals surface area (Å²) in [6.07, 6.45) is 8.06. The summed E-state index contributed by atoms with van der Waals surface area (Å²) in [7, 11) is 0. The van der Waals surface area contributed by atoms with Crippen molar-refractivity contribution in [1.82, 2.24) is 0 Å². The van der Waals surface area contributed by atoms with Crippen molar-refractivity contribution in [2.24, 2.45) is 22.7 Å². The monoisotopic (exact) mass is 324 g/mol. The van der Waals surface area contributed by atoms with Crippen molar-refractivity contribution < 1.29 is 15.3 Å². The van der Waals surface area contributed by atoms with Crippen LogP contribution in [0.5, 0.6) is 0 Å². The average molecular weight is 325 g/mol. The van der Waals surface area contributed by atoms with Crippen LogP contribution in [-0.2, 0) is 0 Å². The van der Waals surface area contributed by atoms with Gasteiger partial charge in [-0.2, -0.15) is 0 Å². The number of aliphatic hydroxyl groups is 3. The highest BCUT2D eigenvalue weighted by Gasteiger charge is 2.58. The van der Waals surface area contributed by atoms with Crippen molar-refractivity contribution in [2.45, 2.75) is 83.8 Å². The highest BCUT2D eigenvalue weighted by atomic mass is 16.3. The molecule has 0 aromatic rings. The number of rotatable bonds is 5. The molecule has 3 nitrogen and oxygen atoms in total. The Morgan fingerprint density at radius 2 is 1.87 bits per heavy atom.